The summed E-state index contributed by atoms with van der Waals surface area (Å²) >= 11 is 0. The number of allylic oxidation sites excluding steroid dienone is 5. The Balaban J connectivity index is 1.48. The van der Waals surface area contributed by atoms with Crippen molar-refractivity contribution in [3.63, 3.8) is 0 Å². The van der Waals surface area contributed by atoms with Crippen LogP contribution in [-0.4, -0.2) is 63.4 Å². The zero-order chi connectivity index (χ0) is 36.1. The molecule has 0 aromatic heterocycles. The van der Waals surface area contributed by atoms with E-state index >= 15 is 0 Å². The molecule has 0 spiro atoms. The molecule has 5 rings (SSSR count). The average molecular weight is 713 g/mol. The lowest BCUT2D eigenvalue weighted by Gasteiger charge is -2.25. The third kappa shape index (κ3) is 8.67. The summed E-state index contributed by atoms with van der Waals surface area (Å²) in [7, 11) is -4.65. The van der Waals surface area contributed by atoms with E-state index in [1.165, 1.54) is 18.2 Å². The monoisotopic (exact) mass is 712 g/mol. The Labute approximate surface area is 295 Å². The van der Waals surface area contributed by atoms with Crippen LogP contribution in [0.4, 0.5) is 11.4 Å². The summed E-state index contributed by atoms with van der Waals surface area (Å²) < 4.78 is 68.7. The van der Waals surface area contributed by atoms with Crippen molar-refractivity contribution >= 4 is 42.9 Å². The first kappa shape index (κ1) is 36.5. The normalized spacial score (nSPS) is 13.0. The van der Waals surface area contributed by atoms with E-state index in [9.17, 15) is 25.9 Å². The second-order valence-corrected chi connectivity index (χ2v) is 15.0. The molecule has 0 saturated carbocycles. The van der Waals surface area contributed by atoms with Crippen LogP contribution < -0.4 is 9.80 Å². The molecule has 0 unspecified atom stereocenters. The second-order valence-electron chi connectivity index (χ2n) is 12.1. The van der Waals surface area contributed by atoms with Crippen LogP contribution in [0.25, 0.3) is 5.57 Å². The Bertz CT molecular complexity index is 2180. The molecule has 1 aliphatic rings. The first-order valence-electron chi connectivity index (χ1n) is 16.3. The van der Waals surface area contributed by atoms with E-state index in [2.05, 4.69) is 75.1 Å². The van der Waals surface area contributed by atoms with Gasteiger partial charge in [-0.3, -0.25) is 9.11 Å². The first-order valence-corrected chi connectivity index (χ1v) is 19.1. The van der Waals surface area contributed by atoms with Crippen LogP contribution in [0.3, 0.4) is 0 Å². The van der Waals surface area contributed by atoms with Gasteiger partial charge in [-0.15, -0.1) is 0 Å². The van der Waals surface area contributed by atoms with Crippen LogP contribution in [0.5, 0.6) is 0 Å². The zero-order valence-corrected chi connectivity index (χ0v) is 30.2. The summed E-state index contributed by atoms with van der Waals surface area (Å²) in [6.07, 6.45) is 8.39. The zero-order valence-electron chi connectivity index (χ0n) is 28.6. The van der Waals surface area contributed by atoms with Crippen LogP contribution in [0, 0.1) is 0 Å². The minimum Gasteiger partial charge on any atom is -0.367 e. The van der Waals surface area contributed by atoms with Crippen molar-refractivity contribution in [2.24, 2.45) is 0 Å². The standard InChI is InChI=1S/C39H41N3O6S2/c1-5-41(27-29-10-9-12-37(26-29)49(43,44)45)35-22-16-31(17-23-35)39(30-14-20-34(21-15-30)40(3)4)32-18-24-36(25-19-32)42(6-2)28-33-11-7-8-13-38(33)50(46,47)48/h7-26H,5-6,27-28H2,1-4H3,(H-,43,44,45,46,47,48)/p+1. The van der Waals surface area contributed by atoms with Gasteiger partial charge in [-0.05, 0) is 102 Å². The van der Waals surface area contributed by atoms with Crippen LogP contribution in [0.15, 0.2) is 137 Å². The molecule has 50 heavy (non-hydrogen) atoms. The van der Waals surface area contributed by atoms with Gasteiger partial charge < -0.3 is 9.80 Å². The number of anilines is 2. The molecule has 0 amide bonds. The second kappa shape index (κ2) is 15.4. The van der Waals surface area contributed by atoms with Crippen LogP contribution in [0.2, 0.25) is 0 Å². The smallest absolute Gasteiger partial charge is 0.294 e. The Morgan fingerprint density at radius 1 is 0.640 bits per heavy atom. The van der Waals surface area contributed by atoms with Crippen molar-refractivity contribution in [1.82, 2.24) is 0 Å². The summed E-state index contributed by atoms with van der Waals surface area (Å²) in [5, 5.41) is 0. The molecule has 4 aromatic rings. The Kier molecular flexibility index (Phi) is 11.2. The largest absolute Gasteiger partial charge is 0.367 e. The van der Waals surface area contributed by atoms with Crippen LogP contribution in [-0.2, 0) is 33.3 Å². The topological polar surface area (TPSA) is 118 Å². The highest BCUT2D eigenvalue weighted by Crippen LogP contribution is 2.33. The van der Waals surface area contributed by atoms with E-state index in [0.717, 1.165) is 44.9 Å². The van der Waals surface area contributed by atoms with Gasteiger partial charge in [0.25, 0.3) is 20.2 Å². The van der Waals surface area contributed by atoms with Gasteiger partial charge in [-0.25, -0.2) is 4.58 Å². The van der Waals surface area contributed by atoms with E-state index in [1.54, 1.807) is 24.3 Å². The Morgan fingerprint density at radius 3 is 1.68 bits per heavy atom. The predicted molar refractivity (Wildman–Crippen MR) is 200 cm³/mol. The lowest BCUT2D eigenvalue weighted by atomic mass is 9.90. The molecular formula is C39H42N3O6S2+. The predicted octanol–water partition coefficient (Wildman–Crippen LogP) is 6.87. The summed E-state index contributed by atoms with van der Waals surface area (Å²) in [6, 6.07) is 29.3. The molecule has 260 valence electrons. The van der Waals surface area contributed by atoms with E-state index in [4.69, 9.17) is 0 Å². The third-order valence-electron chi connectivity index (χ3n) is 8.66. The first-order chi connectivity index (χ1) is 23.8. The van der Waals surface area contributed by atoms with Gasteiger partial charge in [0.2, 0.25) is 0 Å². The van der Waals surface area contributed by atoms with Crippen molar-refractivity contribution in [2.75, 3.05) is 37.0 Å². The summed E-state index contributed by atoms with van der Waals surface area (Å²) in [4.78, 5) is 3.96. The van der Waals surface area contributed by atoms with Gasteiger partial charge in [0.1, 0.15) is 14.1 Å². The van der Waals surface area contributed by atoms with Crippen molar-refractivity contribution in [2.45, 2.75) is 36.7 Å². The molecule has 0 atom stereocenters. The fourth-order valence-electron chi connectivity index (χ4n) is 5.99. The van der Waals surface area contributed by atoms with Gasteiger partial charge in [0.15, 0.2) is 5.71 Å². The maximum absolute atomic E-state index is 12.0. The molecule has 0 heterocycles. The van der Waals surface area contributed by atoms with E-state index in [1.807, 2.05) is 46.1 Å². The van der Waals surface area contributed by atoms with Crippen molar-refractivity contribution < 1.29 is 30.5 Å². The third-order valence-corrected chi connectivity index (χ3v) is 10.5. The Morgan fingerprint density at radius 2 is 1.18 bits per heavy atom. The fourth-order valence-corrected chi connectivity index (χ4v) is 7.26. The quantitative estimate of drug-likeness (QED) is 0.121. The van der Waals surface area contributed by atoms with Crippen LogP contribution in [0.1, 0.15) is 36.1 Å². The molecule has 4 aromatic carbocycles. The molecule has 0 aliphatic heterocycles. The molecule has 9 nitrogen and oxygen atoms in total. The lowest BCUT2D eigenvalue weighted by molar-refractivity contribution is -0.462. The highest BCUT2D eigenvalue weighted by Gasteiger charge is 2.19. The molecule has 0 bridgehead atoms. The van der Waals surface area contributed by atoms with E-state index < -0.39 is 20.2 Å². The average Bonchev–Trinajstić information content (AvgIpc) is 3.10. The highest BCUT2D eigenvalue weighted by molar-refractivity contribution is 7.86. The number of rotatable bonds is 12. The van der Waals surface area contributed by atoms with Crippen LogP contribution >= 0.6 is 0 Å². The van der Waals surface area contributed by atoms with E-state index in [0.29, 0.717) is 31.7 Å². The summed E-state index contributed by atoms with van der Waals surface area (Å²) in [5.74, 6) is 0. The summed E-state index contributed by atoms with van der Waals surface area (Å²) in [5.41, 5.74) is 8.34. The molecule has 1 aliphatic carbocycles. The molecule has 0 radical (unpaired) electrons. The Hall–Kier alpha value is -4.81. The number of hydrogen-bond acceptors (Lipinski definition) is 6. The van der Waals surface area contributed by atoms with Gasteiger partial charge in [0, 0.05) is 49.7 Å². The molecular weight excluding hydrogens is 671 g/mol. The van der Waals surface area contributed by atoms with Crippen molar-refractivity contribution in [1.29, 1.82) is 0 Å². The minimum atomic E-state index is -4.36. The highest BCUT2D eigenvalue weighted by atomic mass is 32.2. The SMILES string of the molecule is CCN(Cc1cccc(S(=O)(=O)O)c1)c1ccc(C(=C2C=CC(=[N+](C)C)C=C2)c2ccc(N(CC)Cc3ccccc3S(=O)(=O)O)cc2)cc1. The number of hydrogen-bond donors (Lipinski definition) is 2. The van der Waals surface area contributed by atoms with Gasteiger partial charge >= 0.3 is 0 Å². The number of nitrogens with zero attached hydrogens (tertiary/aromatic N) is 3. The summed E-state index contributed by atoms with van der Waals surface area (Å²) in [6.45, 7) is 6.11. The molecule has 2 N–H and O–H groups in total. The molecule has 11 heteroatoms. The van der Waals surface area contributed by atoms with Gasteiger partial charge in [-0.1, -0.05) is 54.6 Å². The molecule has 0 saturated heterocycles. The molecule has 0 fully saturated rings. The maximum Gasteiger partial charge on any atom is 0.294 e. The van der Waals surface area contributed by atoms with Crippen molar-refractivity contribution in [3.8, 4) is 0 Å². The fraction of sp³-hybridized carbons (Fsp3) is 0.205. The number of benzene rings is 4. The van der Waals surface area contributed by atoms with Gasteiger partial charge in [0.05, 0.1) is 9.79 Å². The minimum absolute atomic E-state index is 0.0939. The maximum atomic E-state index is 12.0. The van der Waals surface area contributed by atoms with Crippen molar-refractivity contribution in [3.05, 3.63) is 149 Å². The van der Waals surface area contributed by atoms with Gasteiger partial charge in [-0.2, -0.15) is 16.8 Å². The lowest BCUT2D eigenvalue weighted by Crippen LogP contribution is -2.23. The van der Waals surface area contributed by atoms with E-state index in [-0.39, 0.29) is 9.79 Å².